The Hall–Kier alpha value is 0. The minimum absolute atomic E-state index is 0.327. The summed E-state index contributed by atoms with van der Waals surface area (Å²) in [5.41, 5.74) is 1.07. The Morgan fingerprint density at radius 1 is 0.789 bits per heavy atom. The molecule has 0 N–H and O–H groups in total. The maximum Gasteiger partial charge on any atom is -0.0190 e. The van der Waals surface area contributed by atoms with Crippen molar-refractivity contribution in [1.82, 2.24) is 0 Å². The molecule has 0 bridgehead atoms. The second-order valence-corrected chi connectivity index (χ2v) is 8.61. The highest BCUT2D eigenvalue weighted by Gasteiger charge is 2.55. The van der Waals surface area contributed by atoms with E-state index in [0.29, 0.717) is 16.2 Å². The molecule has 0 heterocycles. The van der Waals surface area contributed by atoms with E-state index < -0.39 is 0 Å². The molecule has 3 atom stereocenters. The average molecular weight is 269 g/mol. The van der Waals surface area contributed by atoms with Gasteiger partial charge in [-0.05, 0) is 40.4 Å². The summed E-state index contributed by atoms with van der Waals surface area (Å²) in [6.07, 6.45) is 2.57. The monoisotopic (exact) mass is 268 g/mol. The molecular weight excluding hydrogens is 228 g/mol. The highest BCUT2D eigenvalue weighted by molar-refractivity contribution is 5.03. The predicted octanol–water partition coefficient (Wildman–Crippen LogP) is 6.79. The van der Waals surface area contributed by atoms with Gasteiger partial charge in [0, 0.05) is 0 Å². The molecule has 116 valence electrons. The molecule has 0 aliphatic rings. The number of hydrogen-bond acceptors (Lipinski definition) is 0. The smallest absolute Gasteiger partial charge is 0.0190 e. The standard InChI is InChI=1S/C19H40/c1-12-15(5)19(13-2,16(6)14(3)4)18(10,11)17(7,8)9/h14-16H,12-13H2,1-11H3. The maximum absolute atomic E-state index is 2.52. The predicted molar refractivity (Wildman–Crippen MR) is 89.4 cm³/mol. The van der Waals surface area contributed by atoms with Gasteiger partial charge in [-0.3, -0.25) is 0 Å². The SMILES string of the molecule is CCC(C)C(CC)(C(C)C(C)C)C(C)(C)C(C)(C)C. The quantitative estimate of drug-likeness (QED) is 0.497. The van der Waals surface area contributed by atoms with E-state index in [1.165, 1.54) is 12.8 Å². The molecule has 0 fully saturated rings. The highest BCUT2D eigenvalue weighted by Crippen LogP contribution is 2.62. The van der Waals surface area contributed by atoms with Crippen LogP contribution in [0.5, 0.6) is 0 Å². The van der Waals surface area contributed by atoms with Crippen LogP contribution >= 0.6 is 0 Å². The van der Waals surface area contributed by atoms with Gasteiger partial charge in [-0.1, -0.05) is 82.6 Å². The summed E-state index contributed by atoms with van der Waals surface area (Å²) in [5.74, 6) is 2.27. The van der Waals surface area contributed by atoms with E-state index in [1.807, 2.05) is 0 Å². The van der Waals surface area contributed by atoms with Gasteiger partial charge in [-0.15, -0.1) is 0 Å². The average Bonchev–Trinajstić information content (AvgIpc) is 2.27. The van der Waals surface area contributed by atoms with Crippen LogP contribution in [-0.2, 0) is 0 Å². The fourth-order valence-corrected chi connectivity index (χ4v) is 4.40. The Kier molecular flexibility index (Phi) is 6.19. The lowest BCUT2D eigenvalue weighted by molar-refractivity contribution is -0.123. The van der Waals surface area contributed by atoms with Gasteiger partial charge in [0.15, 0.2) is 0 Å². The van der Waals surface area contributed by atoms with Crippen LogP contribution in [0.3, 0.4) is 0 Å². The van der Waals surface area contributed by atoms with Crippen LogP contribution < -0.4 is 0 Å². The fraction of sp³-hybridized carbons (Fsp3) is 1.00. The highest BCUT2D eigenvalue weighted by atomic mass is 14.6. The molecule has 19 heavy (non-hydrogen) atoms. The molecule has 0 aromatic heterocycles. The minimum atomic E-state index is 0.327. The zero-order chi connectivity index (χ0) is 15.6. The van der Waals surface area contributed by atoms with E-state index in [4.69, 9.17) is 0 Å². The van der Waals surface area contributed by atoms with E-state index in [-0.39, 0.29) is 0 Å². The van der Waals surface area contributed by atoms with Crippen LogP contribution in [0.2, 0.25) is 0 Å². The molecule has 0 rings (SSSR count). The van der Waals surface area contributed by atoms with Crippen LogP contribution in [0.4, 0.5) is 0 Å². The van der Waals surface area contributed by atoms with Crippen LogP contribution in [-0.4, -0.2) is 0 Å². The molecule has 0 radical (unpaired) electrons. The van der Waals surface area contributed by atoms with Gasteiger partial charge in [-0.2, -0.15) is 0 Å². The van der Waals surface area contributed by atoms with Gasteiger partial charge in [-0.25, -0.2) is 0 Å². The molecular formula is C19H40. The third kappa shape index (κ3) is 3.03. The van der Waals surface area contributed by atoms with Gasteiger partial charge in [0.05, 0.1) is 0 Å². The Labute approximate surface area is 123 Å². The van der Waals surface area contributed by atoms with E-state index in [1.54, 1.807) is 0 Å². The Morgan fingerprint density at radius 2 is 1.21 bits per heavy atom. The van der Waals surface area contributed by atoms with E-state index in [9.17, 15) is 0 Å². The van der Waals surface area contributed by atoms with Crippen molar-refractivity contribution in [3.8, 4) is 0 Å². The van der Waals surface area contributed by atoms with E-state index in [2.05, 4.69) is 76.2 Å². The lowest BCUT2D eigenvalue weighted by atomic mass is 9.44. The molecule has 0 aliphatic carbocycles. The van der Waals surface area contributed by atoms with Gasteiger partial charge in [0.2, 0.25) is 0 Å². The molecule has 0 aromatic rings. The largest absolute Gasteiger partial charge is 0.0651 e. The third-order valence-electron chi connectivity index (χ3n) is 6.93. The molecule has 3 unspecified atom stereocenters. The summed E-state index contributed by atoms with van der Waals surface area (Å²) in [7, 11) is 0. The summed E-state index contributed by atoms with van der Waals surface area (Å²) in [6, 6.07) is 0. The second kappa shape index (κ2) is 6.19. The normalized spacial score (nSPS) is 20.2. The zero-order valence-electron chi connectivity index (χ0n) is 15.6. The minimum Gasteiger partial charge on any atom is -0.0651 e. The first-order valence-corrected chi connectivity index (χ1v) is 8.40. The summed E-state index contributed by atoms with van der Waals surface area (Å²) < 4.78 is 0. The van der Waals surface area contributed by atoms with Gasteiger partial charge in [0.1, 0.15) is 0 Å². The van der Waals surface area contributed by atoms with Gasteiger partial charge < -0.3 is 0 Å². The third-order valence-corrected chi connectivity index (χ3v) is 6.93. The van der Waals surface area contributed by atoms with E-state index >= 15 is 0 Å². The molecule has 0 aliphatic heterocycles. The molecule has 0 saturated heterocycles. The van der Waals surface area contributed by atoms with Crippen molar-refractivity contribution in [3.05, 3.63) is 0 Å². The first kappa shape index (κ1) is 19.0. The summed E-state index contributed by atoms with van der Waals surface area (Å²) in [6.45, 7) is 26.9. The topological polar surface area (TPSA) is 0 Å². The number of hydrogen-bond donors (Lipinski definition) is 0. The second-order valence-electron chi connectivity index (χ2n) is 8.61. The van der Waals surface area contributed by atoms with Crippen molar-refractivity contribution < 1.29 is 0 Å². The number of rotatable bonds is 6. The molecule has 0 saturated carbocycles. The first-order valence-electron chi connectivity index (χ1n) is 8.40. The summed E-state index contributed by atoms with van der Waals surface area (Å²) >= 11 is 0. The molecule has 0 heteroatoms. The Morgan fingerprint density at radius 3 is 1.42 bits per heavy atom. The molecule has 0 spiro atoms. The van der Waals surface area contributed by atoms with Crippen LogP contribution in [0.25, 0.3) is 0 Å². The summed E-state index contributed by atoms with van der Waals surface area (Å²) in [5, 5.41) is 0. The van der Waals surface area contributed by atoms with Crippen LogP contribution in [0, 0.1) is 34.0 Å². The van der Waals surface area contributed by atoms with Crippen LogP contribution in [0.1, 0.15) is 89.0 Å². The zero-order valence-corrected chi connectivity index (χ0v) is 15.6. The summed E-state index contributed by atoms with van der Waals surface area (Å²) in [4.78, 5) is 0. The lowest BCUT2D eigenvalue weighted by Gasteiger charge is -2.61. The fourth-order valence-electron chi connectivity index (χ4n) is 4.40. The van der Waals surface area contributed by atoms with Crippen molar-refractivity contribution in [2.24, 2.45) is 34.0 Å². The Balaban J connectivity index is 6.02. The molecule has 0 amide bonds. The maximum atomic E-state index is 2.52. The lowest BCUT2D eigenvalue weighted by Crippen LogP contribution is -2.54. The first-order chi connectivity index (χ1) is 8.40. The molecule has 0 nitrogen and oxygen atoms in total. The van der Waals surface area contributed by atoms with Crippen molar-refractivity contribution in [2.75, 3.05) is 0 Å². The van der Waals surface area contributed by atoms with Gasteiger partial charge in [0.25, 0.3) is 0 Å². The van der Waals surface area contributed by atoms with Crippen molar-refractivity contribution in [2.45, 2.75) is 89.0 Å². The van der Waals surface area contributed by atoms with Crippen molar-refractivity contribution in [3.63, 3.8) is 0 Å². The van der Waals surface area contributed by atoms with Crippen LogP contribution in [0.15, 0.2) is 0 Å². The van der Waals surface area contributed by atoms with Crippen molar-refractivity contribution in [1.29, 1.82) is 0 Å². The van der Waals surface area contributed by atoms with Crippen molar-refractivity contribution >= 4 is 0 Å². The molecule has 0 aromatic carbocycles. The Bertz CT molecular complexity index is 266. The van der Waals surface area contributed by atoms with E-state index in [0.717, 1.165) is 17.8 Å². The van der Waals surface area contributed by atoms with Gasteiger partial charge >= 0.3 is 0 Å².